The highest BCUT2D eigenvalue weighted by molar-refractivity contribution is 5.94. The van der Waals surface area contributed by atoms with Gasteiger partial charge in [0.05, 0.1) is 7.11 Å². The number of likely N-dealkylation sites (tertiary alicyclic amines) is 2. The minimum atomic E-state index is 0. The van der Waals surface area contributed by atoms with Crippen LogP contribution in [-0.4, -0.2) is 63.6 Å². The molecule has 0 spiro atoms. The molecule has 2 saturated heterocycles. The number of anilines is 1. The lowest BCUT2D eigenvalue weighted by atomic mass is 9.89. The Morgan fingerprint density at radius 2 is 1.66 bits per heavy atom. The highest BCUT2D eigenvalue weighted by atomic mass is 35.5. The Kier molecular flexibility index (Phi) is 6.39. The first-order chi connectivity index (χ1) is 13.5. The highest BCUT2D eigenvalue weighted by Crippen LogP contribution is 2.44. The van der Waals surface area contributed by atoms with Crippen LogP contribution in [0, 0.1) is 11.8 Å². The average Bonchev–Trinajstić information content (AvgIpc) is 3.24. The van der Waals surface area contributed by atoms with Gasteiger partial charge in [-0.05, 0) is 54.9 Å². The summed E-state index contributed by atoms with van der Waals surface area (Å²) in [6.07, 6.45) is 0. The molecule has 29 heavy (non-hydrogen) atoms. The van der Waals surface area contributed by atoms with Crippen molar-refractivity contribution in [3.63, 3.8) is 0 Å². The molecule has 2 heterocycles. The van der Waals surface area contributed by atoms with Gasteiger partial charge < -0.3 is 14.5 Å². The number of halogens is 1. The number of ether oxygens (including phenoxy) is 1. The Labute approximate surface area is 179 Å². The van der Waals surface area contributed by atoms with Gasteiger partial charge in [0.2, 0.25) is 0 Å². The van der Waals surface area contributed by atoms with Crippen LogP contribution in [0.15, 0.2) is 48.5 Å². The normalized spacial score (nSPS) is 23.4. The molecule has 2 fully saturated rings. The molecule has 0 aromatic heterocycles. The van der Waals surface area contributed by atoms with E-state index in [2.05, 4.69) is 24.1 Å². The molecule has 0 bridgehead atoms. The number of fused-ring (bicyclic) bond motifs is 1. The Balaban J connectivity index is 0.00000240. The van der Waals surface area contributed by atoms with Crippen LogP contribution in [0.5, 0.6) is 5.75 Å². The molecule has 0 saturated carbocycles. The third kappa shape index (κ3) is 4.07. The predicted octanol–water partition coefficient (Wildman–Crippen LogP) is 3.56. The van der Waals surface area contributed by atoms with Gasteiger partial charge in [-0.25, -0.2) is 0 Å². The molecule has 5 nitrogen and oxygen atoms in total. The molecule has 1 amide bonds. The quantitative estimate of drug-likeness (QED) is 0.765. The topological polar surface area (TPSA) is 36.0 Å². The van der Waals surface area contributed by atoms with Crippen LogP contribution >= 0.6 is 12.4 Å². The molecule has 2 aliphatic rings. The second-order valence-electron chi connectivity index (χ2n) is 8.23. The van der Waals surface area contributed by atoms with Gasteiger partial charge in [0.25, 0.3) is 5.91 Å². The number of carbonyl (C=O) groups excluding carboxylic acids is 1. The maximum absolute atomic E-state index is 13.0. The molecular formula is C23H30ClN3O2. The van der Waals surface area contributed by atoms with Crippen LogP contribution in [0.1, 0.15) is 22.0 Å². The zero-order valence-electron chi connectivity index (χ0n) is 17.5. The van der Waals surface area contributed by atoms with E-state index in [1.54, 1.807) is 7.11 Å². The highest BCUT2D eigenvalue weighted by Gasteiger charge is 2.47. The van der Waals surface area contributed by atoms with E-state index in [0.717, 1.165) is 36.6 Å². The molecule has 6 heteroatoms. The SMILES string of the molecule is COc1ccc([C@@H]2[C@@H]3CN(C(=O)c4ccc(N(C)C)cc4)C[C@@H]3CN2C)cc1.Cl. The maximum Gasteiger partial charge on any atom is 0.253 e. The summed E-state index contributed by atoms with van der Waals surface area (Å²) in [5.41, 5.74) is 3.19. The van der Waals surface area contributed by atoms with Crippen LogP contribution in [0.25, 0.3) is 0 Å². The van der Waals surface area contributed by atoms with Gasteiger partial charge in [-0.1, -0.05) is 12.1 Å². The van der Waals surface area contributed by atoms with Crippen LogP contribution in [0.2, 0.25) is 0 Å². The molecule has 4 rings (SSSR count). The first kappa shape index (κ1) is 21.5. The average molecular weight is 416 g/mol. The zero-order chi connectivity index (χ0) is 19.8. The maximum atomic E-state index is 13.0. The second-order valence-corrected chi connectivity index (χ2v) is 8.23. The molecule has 156 valence electrons. The van der Waals surface area contributed by atoms with Crippen molar-refractivity contribution in [1.82, 2.24) is 9.80 Å². The fourth-order valence-corrected chi connectivity index (χ4v) is 4.81. The number of nitrogens with zero attached hydrogens (tertiary/aromatic N) is 3. The summed E-state index contributed by atoms with van der Waals surface area (Å²) in [6, 6.07) is 16.6. The van der Waals surface area contributed by atoms with Crippen molar-refractivity contribution in [2.45, 2.75) is 6.04 Å². The van der Waals surface area contributed by atoms with Crippen molar-refractivity contribution in [3.8, 4) is 5.75 Å². The van der Waals surface area contributed by atoms with E-state index in [1.807, 2.05) is 60.3 Å². The standard InChI is InChI=1S/C23H29N3O2.ClH/c1-24(2)19-9-5-17(6-10-19)23(27)26-14-18-13-25(3)22(21(18)15-26)16-7-11-20(28-4)12-8-16;/h5-12,18,21-22H,13-15H2,1-4H3;1H/t18-,21+,22+;/m0./s1. The zero-order valence-corrected chi connectivity index (χ0v) is 18.4. The van der Waals surface area contributed by atoms with Crippen molar-refractivity contribution in [2.24, 2.45) is 11.8 Å². The Hall–Kier alpha value is -2.24. The minimum Gasteiger partial charge on any atom is -0.497 e. The summed E-state index contributed by atoms with van der Waals surface area (Å²) in [6.45, 7) is 2.70. The van der Waals surface area contributed by atoms with Gasteiger partial charge in [0.1, 0.15) is 5.75 Å². The molecule has 0 N–H and O–H groups in total. The first-order valence-electron chi connectivity index (χ1n) is 9.89. The lowest BCUT2D eigenvalue weighted by molar-refractivity contribution is 0.0768. The number of carbonyl (C=O) groups is 1. The van der Waals surface area contributed by atoms with Gasteiger partial charge in [0, 0.05) is 56.9 Å². The van der Waals surface area contributed by atoms with Gasteiger partial charge in [-0.15, -0.1) is 12.4 Å². The monoisotopic (exact) mass is 415 g/mol. The van der Waals surface area contributed by atoms with Crippen molar-refractivity contribution < 1.29 is 9.53 Å². The molecular weight excluding hydrogens is 386 g/mol. The summed E-state index contributed by atoms with van der Waals surface area (Å²) in [7, 11) is 7.90. The number of hydrogen-bond donors (Lipinski definition) is 0. The Morgan fingerprint density at radius 3 is 2.24 bits per heavy atom. The summed E-state index contributed by atoms with van der Waals surface area (Å²) >= 11 is 0. The van der Waals surface area contributed by atoms with E-state index in [4.69, 9.17) is 4.74 Å². The van der Waals surface area contributed by atoms with Crippen molar-refractivity contribution >= 4 is 24.0 Å². The molecule has 2 aromatic carbocycles. The molecule has 2 aliphatic heterocycles. The number of amides is 1. The minimum absolute atomic E-state index is 0. The van der Waals surface area contributed by atoms with E-state index in [-0.39, 0.29) is 18.3 Å². The molecule has 0 aliphatic carbocycles. The fraction of sp³-hybridized carbons (Fsp3) is 0.435. The molecule has 0 radical (unpaired) electrons. The van der Waals surface area contributed by atoms with Gasteiger partial charge in [-0.2, -0.15) is 0 Å². The van der Waals surface area contributed by atoms with Crippen LogP contribution in [0.3, 0.4) is 0 Å². The number of rotatable bonds is 4. The Bertz CT molecular complexity index is 838. The van der Waals surface area contributed by atoms with Crippen molar-refractivity contribution in [2.75, 3.05) is 52.8 Å². The number of benzene rings is 2. The van der Waals surface area contributed by atoms with E-state index in [1.165, 1.54) is 5.56 Å². The molecule has 2 aromatic rings. The van der Waals surface area contributed by atoms with Gasteiger partial charge in [0.15, 0.2) is 0 Å². The molecule has 0 unspecified atom stereocenters. The second kappa shape index (κ2) is 8.64. The summed E-state index contributed by atoms with van der Waals surface area (Å²) in [4.78, 5) is 19.6. The van der Waals surface area contributed by atoms with Gasteiger partial charge in [-0.3, -0.25) is 9.69 Å². The lowest BCUT2D eigenvalue weighted by Gasteiger charge is -2.27. The van der Waals surface area contributed by atoms with Crippen molar-refractivity contribution in [3.05, 3.63) is 59.7 Å². The number of hydrogen-bond acceptors (Lipinski definition) is 4. The summed E-state index contributed by atoms with van der Waals surface area (Å²) < 4.78 is 5.30. The van der Waals surface area contributed by atoms with Crippen LogP contribution in [-0.2, 0) is 0 Å². The third-order valence-electron chi connectivity index (χ3n) is 6.27. The summed E-state index contributed by atoms with van der Waals surface area (Å²) in [5, 5.41) is 0. The fourth-order valence-electron chi connectivity index (χ4n) is 4.81. The van der Waals surface area contributed by atoms with Crippen molar-refractivity contribution in [1.29, 1.82) is 0 Å². The van der Waals surface area contributed by atoms with Crippen LogP contribution in [0.4, 0.5) is 5.69 Å². The predicted molar refractivity (Wildman–Crippen MR) is 119 cm³/mol. The largest absolute Gasteiger partial charge is 0.497 e. The third-order valence-corrected chi connectivity index (χ3v) is 6.27. The van der Waals surface area contributed by atoms with Gasteiger partial charge >= 0.3 is 0 Å². The summed E-state index contributed by atoms with van der Waals surface area (Å²) in [5.74, 6) is 2.03. The Morgan fingerprint density at radius 1 is 1.00 bits per heavy atom. The van der Waals surface area contributed by atoms with E-state index in [9.17, 15) is 4.79 Å². The number of methoxy groups -OCH3 is 1. The molecule has 3 atom stereocenters. The van der Waals surface area contributed by atoms with E-state index >= 15 is 0 Å². The van der Waals surface area contributed by atoms with E-state index < -0.39 is 0 Å². The van der Waals surface area contributed by atoms with Crippen LogP contribution < -0.4 is 9.64 Å². The van der Waals surface area contributed by atoms with E-state index in [0.29, 0.717) is 17.9 Å². The lowest BCUT2D eigenvalue weighted by Crippen LogP contribution is -2.33. The smallest absolute Gasteiger partial charge is 0.253 e. The first-order valence-corrected chi connectivity index (χ1v) is 9.89.